The molecule has 1 rings (SSSR count). The third-order valence-electron chi connectivity index (χ3n) is 1.55. The topological polar surface area (TPSA) is 61.8 Å². The second kappa shape index (κ2) is 3.70. The third-order valence-corrected chi connectivity index (χ3v) is 2.50. The van der Waals surface area contributed by atoms with E-state index in [1.807, 2.05) is 13.0 Å². The van der Waals surface area contributed by atoms with Crippen LogP contribution in [0, 0.1) is 18.3 Å². The Balaban J connectivity index is 3.09. The van der Waals surface area contributed by atoms with Gasteiger partial charge in [-0.3, -0.25) is 4.68 Å². The smallest absolute Gasteiger partial charge is 0.176 e. The summed E-state index contributed by atoms with van der Waals surface area (Å²) in [6.45, 7) is 2.29. The molecule has 12 heavy (non-hydrogen) atoms. The van der Waals surface area contributed by atoms with Crippen molar-refractivity contribution in [3.05, 3.63) is 15.9 Å². The molecular formula is C7H8BrN3O. The number of nitrogens with zero attached hydrogens (tertiary/aromatic N) is 3. The summed E-state index contributed by atoms with van der Waals surface area (Å²) in [4.78, 5) is 0. The van der Waals surface area contributed by atoms with Gasteiger partial charge in [0.2, 0.25) is 0 Å². The van der Waals surface area contributed by atoms with Crippen molar-refractivity contribution >= 4 is 15.9 Å². The monoisotopic (exact) mass is 229 g/mol. The summed E-state index contributed by atoms with van der Waals surface area (Å²) >= 11 is 3.24. The molecule has 0 spiro atoms. The van der Waals surface area contributed by atoms with Gasteiger partial charge in [-0.15, -0.1) is 0 Å². The predicted molar refractivity (Wildman–Crippen MR) is 46.5 cm³/mol. The Labute approximate surface area is 78.6 Å². The summed E-state index contributed by atoms with van der Waals surface area (Å²) in [5, 5.41) is 21.2. The zero-order valence-corrected chi connectivity index (χ0v) is 8.17. The maximum absolute atomic E-state index is 8.66. The van der Waals surface area contributed by atoms with Gasteiger partial charge in [-0.25, -0.2) is 0 Å². The van der Waals surface area contributed by atoms with Gasteiger partial charge in [0.15, 0.2) is 5.69 Å². The molecule has 1 aromatic heterocycles. The summed E-state index contributed by atoms with van der Waals surface area (Å²) < 4.78 is 2.31. The number of rotatable bonds is 2. The summed E-state index contributed by atoms with van der Waals surface area (Å²) in [6.07, 6.45) is 0. The van der Waals surface area contributed by atoms with Gasteiger partial charge in [-0.05, 0) is 22.9 Å². The Morgan fingerprint density at radius 1 is 1.75 bits per heavy atom. The molecule has 0 radical (unpaired) electrons. The van der Waals surface area contributed by atoms with E-state index in [9.17, 15) is 0 Å². The SMILES string of the molecule is Cc1c(Br)c(C#N)nn1CCO. The Bertz CT molecular complexity index is 326. The quantitative estimate of drug-likeness (QED) is 0.817. The van der Waals surface area contributed by atoms with Gasteiger partial charge in [0.1, 0.15) is 6.07 Å². The lowest BCUT2D eigenvalue weighted by Gasteiger charge is -1.98. The van der Waals surface area contributed by atoms with E-state index < -0.39 is 0 Å². The van der Waals surface area contributed by atoms with Crippen LogP contribution >= 0.6 is 15.9 Å². The van der Waals surface area contributed by atoms with Gasteiger partial charge in [-0.1, -0.05) is 0 Å². The highest BCUT2D eigenvalue weighted by atomic mass is 79.9. The molecule has 0 saturated carbocycles. The molecule has 0 aromatic carbocycles. The van der Waals surface area contributed by atoms with E-state index >= 15 is 0 Å². The maximum Gasteiger partial charge on any atom is 0.176 e. The van der Waals surface area contributed by atoms with E-state index in [0.717, 1.165) is 5.69 Å². The average molecular weight is 230 g/mol. The van der Waals surface area contributed by atoms with Crippen molar-refractivity contribution in [2.24, 2.45) is 0 Å². The zero-order valence-electron chi connectivity index (χ0n) is 6.58. The van der Waals surface area contributed by atoms with Crippen molar-refractivity contribution in [3.63, 3.8) is 0 Å². The number of halogens is 1. The van der Waals surface area contributed by atoms with E-state index in [2.05, 4.69) is 21.0 Å². The highest BCUT2D eigenvalue weighted by molar-refractivity contribution is 9.10. The minimum absolute atomic E-state index is 0.0276. The number of nitriles is 1. The van der Waals surface area contributed by atoms with Crippen LogP contribution in [0.15, 0.2) is 4.47 Å². The first-order chi connectivity index (χ1) is 5.70. The van der Waals surface area contributed by atoms with E-state index in [-0.39, 0.29) is 6.61 Å². The fourth-order valence-electron chi connectivity index (χ4n) is 0.908. The minimum Gasteiger partial charge on any atom is -0.394 e. The Morgan fingerprint density at radius 3 is 2.83 bits per heavy atom. The second-order valence-corrected chi connectivity index (χ2v) is 3.10. The number of aliphatic hydroxyl groups is 1. The van der Waals surface area contributed by atoms with Crippen LogP contribution in [0.25, 0.3) is 0 Å². The van der Waals surface area contributed by atoms with Crippen LogP contribution < -0.4 is 0 Å². The van der Waals surface area contributed by atoms with Gasteiger partial charge < -0.3 is 5.11 Å². The van der Waals surface area contributed by atoms with Crippen molar-refractivity contribution in [3.8, 4) is 6.07 Å². The van der Waals surface area contributed by atoms with Gasteiger partial charge in [0.05, 0.1) is 23.3 Å². The van der Waals surface area contributed by atoms with Crippen LogP contribution in [0.3, 0.4) is 0 Å². The first-order valence-corrected chi connectivity index (χ1v) is 4.24. The molecule has 4 nitrogen and oxygen atoms in total. The maximum atomic E-state index is 8.66. The Morgan fingerprint density at radius 2 is 2.42 bits per heavy atom. The molecular weight excluding hydrogens is 222 g/mol. The van der Waals surface area contributed by atoms with Crippen molar-refractivity contribution in [2.75, 3.05) is 6.61 Å². The molecule has 0 aliphatic rings. The molecule has 0 aliphatic heterocycles. The highest BCUT2D eigenvalue weighted by Crippen LogP contribution is 2.19. The normalized spacial score (nSPS) is 9.83. The van der Waals surface area contributed by atoms with Crippen LogP contribution in [0.2, 0.25) is 0 Å². The summed E-state index contributed by atoms with van der Waals surface area (Å²) in [5.74, 6) is 0. The summed E-state index contributed by atoms with van der Waals surface area (Å²) in [6, 6.07) is 1.95. The lowest BCUT2D eigenvalue weighted by Crippen LogP contribution is -2.05. The molecule has 1 heterocycles. The van der Waals surface area contributed by atoms with E-state index in [1.54, 1.807) is 4.68 Å². The number of hydrogen-bond donors (Lipinski definition) is 1. The fourth-order valence-corrected chi connectivity index (χ4v) is 1.28. The van der Waals surface area contributed by atoms with Crippen molar-refractivity contribution in [1.82, 2.24) is 9.78 Å². The van der Waals surface area contributed by atoms with E-state index in [0.29, 0.717) is 16.7 Å². The molecule has 0 unspecified atom stereocenters. The lowest BCUT2D eigenvalue weighted by atomic mass is 10.4. The Hall–Kier alpha value is -0.860. The summed E-state index contributed by atoms with van der Waals surface area (Å²) in [7, 11) is 0. The first kappa shape index (κ1) is 9.23. The molecule has 0 bridgehead atoms. The van der Waals surface area contributed by atoms with Crippen LogP contribution in [-0.2, 0) is 6.54 Å². The zero-order chi connectivity index (χ0) is 9.14. The van der Waals surface area contributed by atoms with E-state index in [1.165, 1.54) is 0 Å². The van der Waals surface area contributed by atoms with Crippen LogP contribution in [0.5, 0.6) is 0 Å². The number of aliphatic hydroxyl groups excluding tert-OH is 1. The second-order valence-electron chi connectivity index (χ2n) is 2.31. The molecule has 0 saturated heterocycles. The molecule has 5 heteroatoms. The molecule has 0 amide bonds. The third kappa shape index (κ3) is 1.49. The van der Waals surface area contributed by atoms with Gasteiger partial charge >= 0.3 is 0 Å². The van der Waals surface area contributed by atoms with Crippen LogP contribution in [0.1, 0.15) is 11.4 Å². The number of aromatic nitrogens is 2. The summed E-state index contributed by atoms with van der Waals surface area (Å²) in [5.41, 5.74) is 1.22. The molecule has 64 valence electrons. The standard InChI is InChI=1S/C7H8BrN3O/c1-5-7(8)6(4-9)10-11(5)2-3-12/h12H,2-3H2,1H3. The molecule has 0 aliphatic carbocycles. The van der Waals surface area contributed by atoms with Gasteiger partial charge in [0, 0.05) is 0 Å². The molecule has 0 atom stereocenters. The van der Waals surface area contributed by atoms with Gasteiger partial charge in [-0.2, -0.15) is 10.4 Å². The minimum atomic E-state index is 0.0276. The Kier molecular flexibility index (Phi) is 2.84. The molecule has 1 N–H and O–H groups in total. The highest BCUT2D eigenvalue weighted by Gasteiger charge is 2.10. The fraction of sp³-hybridized carbons (Fsp3) is 0.429. The average Bonchev–Trinajstić information content (AvgIpc) is 2.33. The largest absolute Gasteiger partial charge is 0.394 e. The molecule has 1 aromatic rings. The lowest BCUT2D eigenvalue weighted by molar-refractivity contribution is 0.268. The van der Waals surface area contributed by atoms with Crippen LogP contribution in [-0.4, -0.2) is 21.5 Å². The van der Waals surface area contributed by atoms with Crippen molar-refractivity contribution in [2.45, 2.75) is 13.5 Å². The predicted octanol–water partition coefficient (Wildman–Crippen LogP) is 0.818. The molecule has 0 fully saturated rings. The van der Waals surface area contributed by atoms with Crippen LogP contribution in [0.4, 0.5) is 0 Å². The van der Waals surface area contributed by atoms with Crippen molar-refractivity contribution in [1.29, 1.82) is 5.26 Å². The first-order valence-electron chi connectivity index (χ1n) is 3.44. The number of hydrogen-bond acceptors (Lipinski definition) is 3. The van der Waals surface area contributed by atoms with E-state index in [4.69, 9.17) is 10.4 Å². The van der Waals surface area contributed by atoms with Crippen molar-refractivity contribution < 1.29 is 5.11 Å². The van der Waals surface area contributed by atoms with Gasteiger partial charge in [0.25, 0.3) is 0 Å².